The molecule has 1 aliphatic heterocycles. The van der Waals surface area contributed by atoms with Crippen LogP contribution in [-0.2, 0) is 5.75 Å². The highest BCUT2D eigenvalue weighted by Crippen LogP contribution is 2.35. The number of aromatic nitrogens is 2. The first-order valence-corrected chi connectivity index (χ1v) is 12.8. The van der Waals surface area contributed by atoms with Crippen molar-refractivity contribution in [2.45, 2.75) is 29.4 Å². The number of thiazole rings is 1. The second-order valence-corrected chi connectivity index (χ2v) is 10.5. The van der Waals surface area contributed by atoms with Gasteiger partial charge in [0.25, 0.3) is 5.91 Å². The second-order valence-electron chi connectivity index (χ2n) is 7.90. The normalized spacial score (nSPS) is 14.7. The van der Waals surface area contributed by atoms with Gasteiger partial charge in [-0.15, -0.1) is 23.1 Å². The molecule has 0 unspecified atom stereocenters. The van der Waals surface area contributed by atoms with Crippen molar-refractivity contribution in [3.05, 3.63) is 88.1 Å². The number of carbonyl (C=O) groups is 1. The van der Waals surface area contributed by atoms with Crippen molar-refractivity contribution in [3.8, 4) is 0 Å². The number of hydrogen-bond donors (Lipinski definition) is 0. The molecule has 1 fully saturated rings. The summed E-state index contributed by atoms with van der Waals surface area (Å²) in [7, 11) is 0. The van der Waals surface area contributed by atoms with Crippen LogP contribution in [0.15, 0.2) is 71.9 Å². The molecule has 1 amide bonds. The van der Waals surface area contributed by atoms with Gasteiger partial charge < -0.3 is 4.90 Å². The third-order valence-electron chi connectivity index (χ3n) is 5.73. The number of nitrogens with zero attached hydrogens (tertiary/aromatic N) is 3. The molecule has 0 spiro atoms. The number of thioether (sulfide) groups is 1. The Bertz CT molecular complexity index is 1220. The number of likely N-dealkylation sites (tertiary alicyclic amines) is 1. The van der Waals surface area contributed by atoms with Crippen molar-refractivity contribution in [1.82, 2.24) is 14.9 Å². The van der Waals surface area contributed by atoms with Gasteiger partial charge in [-0.25, -0.2) is 4.98 Å². The summed E-state index contributed by atoms with van der Waals surface area (Å²) in [5, 5.41) is 1.88. The Hall–Kier alpha value is -2.41. The lowest BCUT2D eigenvalue weighted by Crippen LogP contribution is -2.37. The summed E-state index contributed by atoms with van der Waals surface area (Å²) in [5.41, 5.74) is 2.91. The molecule has 0 radical (unpaired) electrons. The Morgan fingerprint density at radius 3 is 2.69 bits per heavy atom. The number of pyridine rings is 1. The van der Waals surface area contributed by atoms with E-state index >= 15 is 0 Å². The van der Waals surface area contributed by atoms with Crippen molar-refractivity contribution in [1.29, 1.82) is 0 Å². The Morgan fingerprint density at radius 2 is 1.94 bits per heavy atom. The first kappa shape index (κ1) is 21.4. The highest BCUT2D eigenvalue weighted by Gasteiger charge is 2.26. The SMILES string of the molecule is O=C(c1ccc(SCc2cccnc2)cc1)N1CCC(c2nc3cc(Cl)ccc3s2)CC1. The third kappa shape index (κ3) is 4.82. The molecular weight excluding hydrogens is 458 g/mol. The largest absolute Gasteiger partial charge is 0.339 e. The lowest BCUT2D eigenvalue weighted by atomic mass is 9.97. The lowest BCUT2D eigenvalue weighted by Gasteiger charge is -2.31. The van der Waals surface area contributed by atoms with Crippen molar-refractivity contribution in [2.24, 2.45) is 0 Å². The van der Waals surface area contributed by atoms with Gasteiger partial charge in [0, 0.05) is 52.6 Å². The van der Waals surface area contributed by atoms with Gasteiger partial charge in [-0.2, -0.15) is 0 Å². The molecule has 0 saturated carbocycles. The maximum absolute atomic E-state index is 13.0. The van der Waals surface area contributed by atoms with Gasteiger partial charge in [0.15, 0.2) is 0 Å². The van der Waals surface area contributed by atoms with Crippen molar-refractivity contribution in [3.63, 3.8) is 0 Å². The first-order chi connectivity index (χ1) is 15.7. The molecule has 2 aromatic heterocycles. The van der Waals surface area contributed by atoms with E-state index in [1.165, 1.54) is 10.3 Å². The van der Waals surface area contributed by atoms with E-state index in [-0.39, 0.29) is 5.91 Å². The van der Waals surface area contributed by atoms with E-state index in [0.717, 1.165) is 57.7 Å². The van der Waals surface area contributed by atoms with Crippen LogP contribution in [0, 0.1) is 0 Å². The molecular formula is C25H22ClN3OS2. The standard InChI is InChI=1S/C25H22ClN3OS2/c26-20-5-8-23-22(14-20)28-24(32-23)18-9-12-29(13-10-18)25(30)19-3-6-21(7-4-19)31-16-17-2-1-11-27-15-17/h1-8,11,14-15,18H,9-10,12-13,16H2. The van der Waals surface area contributed by atoms with Crippen molar-refractivity contribution in [2.75, 3.05) is 13.1 Å². The van der Waals surface area contributed by atoms with Gasteiger partial charge in [0.05, 0.1) is 15.2 Å². The third-order valence-corrected chi connectivity index (χ3v) is 8.24. The summed E-state index contributed by atoms with van der Waals surface area (Å²) in [5.74, 6) is 1.39. The van der Waals surface area contributed by atoms with E-state index < -0.39 is 0 Å². The zero-order valence-corrected chi connectivity index (χ0v) is 19.8. The van der Waals surface area contributed by atoms with Crippen molar-refractivity contribution < 1.29 is 4.79 Å². The predicted octanol–water partition coefficient (Wildman–Crippen LogP) is 6.66. The van der Waals surface area contributed by atoms with Crippen LogP contribution >= 0.6 is 34.7 Å². The molecule has 4 nitrogen and oxygen atoms in total. The second kappa shape index (κ2) is 9.61. The van der Waals surface area contributed by atoms with Gasteiger partial charge in [-0.1, -0.05) is 17.7 Å². The molecule has 3 heterocycles. The molecule has 0 bridgehead atoms. The zero-order valence-electron chi connectivity index (χ0n) is 17.4. The summed E-state index contributed by atoms with van der Waals surface area (Å²) >= 11 is 9.59. The monoisotopic (exact) mass is 479 g/mol. The fourth-order valence-corrected chi connectivity index (χ4v) is 6.06. The fraction of sp³-hybridized carbons (Fsp3) is 0.240. The molecule has 162 valence electrons. The topological polar surface area (TPSA) is 46.1 Å². The quantitative estimate of drug-likeness (QED) is 0.300. The van der Waals surface area contributed by atoms with E-state index in [0.29, 0.717) is 5.92 Å². The van der Waals surface area contributed by atoms with E-state index in [4.69, 9.17) is 16.6 Å². The summed E-state index contributed by atoms with van der Waals surface area (Å²) in [6.07, 6.45) is 5.56. The number of amides is 1. The van der Waals surface area contributed by atoms with Gasteiger partial charge in [-0.3, -0.25) is 9.78 Å². The first-order valence-electron chi connectivity index (χ1n) is 10.6. The Labute approximate surface area is 200 Å². The number of fused-ring (bicyclic) bond motifs is 1. The Morgan fingerprint density at radius 1 is 1.12 bits per heavy atom. The molecule has 32 heavy (non-hydrogen) atoms. The van der Waals surface area contributed by atoms with E-state index in [2.05, 4.69) is 11.1 Å². The fourth-order valence-electron chi connectivity index (χ4n) is 3.95. The van der Waals surface area contributed by atoms with Crippen LogP contribution < -0.4 is 0 Å². The summed E-state index contributed by atoms with van der Waals surface area (Å²) in [4.78, 5) is 25.1. The van der Waals surface area contributed by atoms with E-state index in [1.54, 1.807) is 29.3 Å². The number of piperidine rings is 1. The summed E-state index contributed by atoms with van der Waals surface area (Å²) in [6, 6.07) is 17.9. The molecule has 0 aliphatic carbocycles. The Balaban J connectivity index is 1.17. The van der Waals surface area contributed by atoms with Crippen LogP contribution in [0.1, 0.15) is 39.7 Å². The predicted molar refractivity (Wildman–Crippen MR) is 133 cm³/mol. The molecule has 7 heteroatoms. The number of carbonyl (C=O) groups excluding carboxylic acids is 1. The number of hydrogen-bond acceptors (Lipinski definition) is 5. The number of rotatable bonds is 5. The zero-order chi connectivity index (χ0) is 21.9. The van der Waals surface area contributed by atoms with E-state index in [9.17, 15) is 4.79 Å². The summed E-state index contributed by atoms with van der Waals surface area (Å²) in [6.45, 7) is 1.52. The van der Waals surface area contributed by atoms with Crippen LogP contribution in [0.25, 0.3) is 10.2 Å². The average Bonchev–Trinajstić information content (AvgIpc) is 3.27. The smallest absolute Gasteiger partial charge is 0.253 e. The van der Waals surface area contributed by atoms with Crippen molar-refractivity contribution >= 4 is 50.8 Å². The molecule has 2 aromatic carbocycles. The maximum atomic E-state index is 13.0. The lowest BCUT2D eigenvalue weighted by molar-refractivity contribution is 0.0713. The highest BCUT2D eigenvalue weighted by molar-refractivity contribution is 7.98. The molecule has 0 N–H and O–H groups in total. The van der Waals surface area contributed by atoms with Crippen LogP contribution in [0.3, 0.4) is 0 Å². The minimum absolute atomic E-state index is 0.114. The van der Waals surface area contributed by atoms with Crippen LogP contribution in [0.5, 0.6) is 0 Å². The van der Waals surface area contributed by atoms with Gasteiger partial charge in [0.1, 0.15) is 0 Å². The Kier molecular flexibility index (Phi) is 6.44. The van der Waals surface area contributed by atoms with E-state index in [1.807, 2.05) is 59.6 Å². The molecule has 0 atom stereocenters. The van der Waals surface area contributed by atoms with Gasteiger partial charge in [0.2, 0.25) is 0 Å². The van der Waals surface area contributed by atoms with Crippen LogP contribution in [-0.4, -0.2) is 33.9 Å². The minimum Gasteiger partial charge on any atom is -0.339 e. The summed E-state index contributed by atoms with van der Waals surface area (Å²) < 4.78 is 1.17. The molecule has 5 rings (SSSR count). The highest BCUT2D eigenvalue weighted by atomic mass is 35.5. The van der Waals surface area contributed by atoms with Gasteiger partial charge in [-0.05, 0) is 66.9 Å². The molecule has 1 saturated heterocycles. The van der Waals surface area contributed by atoms with Gasteiger partial charge >= 0.3 is 0 Å². The average molecular weight is 480 g/mol. The molecule has 1 aliphatic rings. The number of halogens is 1. The van der Waals surface area contributed by atoms with Crippen LogP contribution in [0.4, 0.5) is 0 Å². The minimum atomic E-state index is 0.114. The number of benzene rings is 2. The van der Waals surface area contributed by atoms with Crippen LogP contribution in [0.2, 0.25) is 5.02 Å². The maximum Gasteiger partial charge on any atom is 0.253 e. The molecule has 4 aromatic rings.